The number of aliphatic carboxylic acids is 1. The van der Waals surface area contributed by atoms with E-state index in [-0.39, 0.29) is 18.6 Å². The Morgan fingerprint density at radius 1 is 1.14 bits per heavy atom. The molecule has 120 valence electrons. The topological polar surface area (TPSA) is 89.9 Å². The molecule has 0 aromatic carbocycles. The van der Waals surface area contributed by atoms with Crippen molar-refractivity contribution in [1.82, 2.24) is 15.1 Å². The van der Waals surface area contributed by atoms with Crippen molar-refractivity contribution in [1.29, 1.82) is 0 Å². The summed E-state index contributed by atoms with van der Waals surface area (Å²) in [5.41, 5.74) is 0. The molecule has 2 saturated heterocycles. The number of carbonyl (C=O) groups excluding carboxylic acids is 1. The number of nitrogens with zero attached hydrogens (tertiary/aromatic N) is 2. The lowest BCUT2D eigenvalue weighted by atomic mass is 10.1. The third-order valence-corrected chi connectivity index (χ3v) is 5.33. The van der Waals surface area contributed by atoms with Crippen LogP contribution in [0.1, 0.15) is 19.3 Å². The van der Waals surface area contributed by atoms with Gasteiger partial charge in [0.15, 0.2) is 0 Å². The number of urea groups is 1. The van der Waals surface area contributed by atoms with Crippen LogP contribution in [0.25, 0.3) is 0 Å². The van der Waals surface area contributed by atoms with E-state index < -0.39 is 16.8 Å². The summed E-state index contributed by atoms with van der Waals surface area (Å²) in [6.45, 7) is 2.54. The summed E-state index contributed by atoms with van der Waals surface area (Å²) in [6, 6.07) is 0.0402. The summed E-state index contributed by atoms with van der Waals surface area (Å²) in [4.78, 5) is 26.6. The molecule has 0 unspecified atom stereocenters. The molecule has 0 saturated carbocycles. The molecule has 7 nitrogen and oxygen atoms in total. The van der Waals surface area contributed by atoms with E-state index >= 15 is 0 Å². The number of carboxylic acid groups (broad SMARTS) is 1. The highest BCUT2D eigenvalue weighted by Crippen LogP contribution is 2.10. The molecule has 8 heteroatoms. The first-order valence-electron chi connectivity index (χ1n) is 7.39. The molecule has 2 fully saturated rings. The Hall–Kier alpha value is -1.15. The van der Waals surface area contributed by atoms with E-state index in [1.807, 2.05) is 4.90 Å². The van der Waals surface area contributed by atoms with Crippen LogP contribution >= 0.6 is 0 Å². The summed E-state index contributed by atoms with van der Waals surface area (Å²) in [6.07, 6.45) is 2.34. The zero-order chi connectivity index (χ0) is 15.2. The Bertz CT molecular complexity index is 408. The fraction of sp³-hybridized carbons (Fsp3) is 0.846. The molecule has 2 amide bonds. The van der Waals surface area contributed by atoms with E-state index in [1.54, 1.807) is 4.90 Å². The van der Waals surface area contributed by atoms with Crippen LogP contribution in [-0.4, -0.2) is 81.4 Å². The smallest absolute Gasteiger partial charge is 0.317 e. The number of amides is 2. The second kappa shape index (κ2) is 7.74. The van der Waals surface area contributed by atoms with Gasteiger partial charge in [-0.3, -0.25) is 13.9 Å². The van der Waals surface area contributed by atoms with Gasteiger partial charge in [0, 0.05) is 54.5 Å². The molecule has 0 aliphatic carbocycles. The highest BCUT2D eigenvalue weighted by molar-refractivity contribution is 7.85. The second-order valence-corrected chi connectivity index (χ2v) is 7.28. The molecule has 2 N–H and O–H groups in total. The largest absolute Gasteiger partial charge is 0.480 e. The van der Waals surface area contributed by atoms with Crippen molar-refractivity contribution in [2.75, 3.05) is 44.2 Å². The lowest BCUT2D eigenvalue weighted by molar-refractivity contribution is -0.138. The first-order valence-corrected chi connectivity index (χ1v) is 8.88. The van der Waals surface area contributed by atoms with E-state index in [0.717, 1.165) is 19.3 Å². The highest BCUT2D eigenvalue weighted by Gasteiger charge is 2.24. The van der Waals surface area contributed by atoms with Gasteiger partial charge in [0.05, 0.1) is 6.54 Å². The van der Waals surface area contributed by atoms with Crippen molar-refractivity contribution >= 4 is 22.8 Å². The molecule has 2 aliphatic rings. The zero-order valence-electron chi connectivity index (χ0n) is 12.1. The van der Waals surface area contributed by atoms with Crippen molar-refractivity contribution < 1.29 is 18.9 Å². The Morgan fingerprint density at radius 2 is 1.86 bits per heavy atom. The maximum atomic E-state index is 12.2. The van der Waals surface area contributed by atoms with E-state index in [9.17, 15) is 13.8 Å². The summed E-state index contributed by atoms with van der Waals surface area (Å²) < 4.78 is 11.3. The van der Waals surface area contributed by atoms with Gasteiger partial charge in [-0.2, -0.15) is 0 Å². The Balaban J connectivity index is 1.77. The summed E-state index contributed by atoms with van der Waals surface area (Å²) in [5, 5.41) is 11.8. The lowest BCUT2D eigenvalue weighted by Gasteiger charge is -2.27. The van der Waals surface area contributed by atoms with Gasteiger partial charge in [0.25, 0.3) is 0 Å². The number of rotatable bonds is 3. The van der Waals surface area contributed by atoms with Crippen LogP contribution < -0.4 is 5.32 Å². The van der Waals surface area contributed by atoms with E-state index in [0.29, 0.717) is 37.7 Å². The molecule has 0 aromatic heterocycles. The summed E-state index contributed by atoms with van der Waals surface area (Å²) in [5.74, 6) is 0.498. The third kappa shape index (κ3) is 5.28. The number of hydrogen-bond acceptors (Lipinski definition) is 4. The van der Waals surface area contributed by atoms with Crippen LogP contribution in [0, 0.1) is 0 Å². The second-order valence-electron chi connectivity index (χ2n) is 5.58. The minimum atomic E-state index is -0.830. The van der Waals surface area contributed by atoms with Gasteiger partial charge in [-0.1, -0.05) is 0 Å². The van der Waals surface area contributed by atoms with Gasteiger partial charge in [-0.05, 0) is 19.3 Å². The Labute approximate surface area is 127 Å². The average molecular weight is 317 g/mol. The van der Waals surface area contributed by atoms with Gasteiger partial charge < -0.3 is 15.3 Å². The molecule has 0 atom stereocenters. The van der Waals surface area contributed by atoms with Crippen LogP contribution in [-0.2, 0) is 15.6 Å². The molecule has 0 spiro atoms. The van der Waals surface area contributed by atoms with E-state index in [4.69, 9.17) is 5.11 Å². The molecular weight excluding hydrogens is 294 g/mol. The third-order valence-electron chi connectivity index (χ3n) is 3.95. The normalized spacial score (nSPS) is 27.9. The number of carbonyl (C=O) groups is 2. The van der Waals surface area contributed by atoms with Gasteiger partial charge >= 0.3 is 12.0 Å². The standard InChI is InChI=1S/C13H23N3O4S/c17-12(18)10-15-4-1-5-16(7-6-15)13(19)14-11-2-8-21(20)9-3-11/h11H,1-10H2,(H,14,19)(H,17,18). The van der Waals surface area contributed by atoms with Crippen LogP contribution in [0.5, 0.6) is 0 Å². The van der Waals surface area contributed by atoms with Crippen molar-refractivity contribution in [2.24, 2.45) is 0 Å². The van der Waals surface area contributed by atoms with E-state index in [2.05, 4.69) is 5.32 Å². The fourth-order valence-corrected chi connectivity index (χ4v) is 4.03. The molecule has 2 heterocycles. The van der Waals surface area contributed by atoms with Crippen LogP contribution in [0.4, 0.5) is 4.79 Å². The van der Waals surface area contributed by atoms with Gasteiger partial charge in [0.1, 0.15) is 0 Å². The van der Waals surface area contributed by atoms with E-state index in [1.165, 1.54) is 0 Å². The van der Waals surface area contributed by atoms with Gasteiger partial charge in [0.2, 0.25) is 0 Å². The molecule has 2 rings (SSSR count). The molecule has 0 aromatic rings. The van der Waals surface area contributed by atoms with Gasteiger partial charge in [-0.25, -0.2) is 4.79 Å². The van der Waals surface area contributed by atoms with Gasteiger partial charge in [-0.15, -0.1) is 0 Å². The maximum absolute atomic E-state index is 12.2. The maximum Gasteiger partial charge on any atom is 0.317 e. The Morgan fingerprint density at radius 3 is 2.52 bits per heavy atom. The minimum absolute atomic E-state index is 0.0316. The number of nitrogens with one attached hydrogen (secondary N) is 1. The quantitative estimate of drug-likeness (QED) is 0.746. The molecule has 0 radical (unpaired) electrons. The fourth-order valence-electron chi connectivity index (χ4n) is 2.73. The lowest BCUT2D eigenvalue weighted by Crippen LogP contribution is -2.48. The number of carboxylic acids is 1. The summed E-state index contributed by atoms with van der Waals surface area (Å²) >= 11 is 0. The van der Waals surface area contributed by atoms with Crippen molar-refractivity contribution in [3.63, 3.8) is 0 Å². The zero-order valence-corrected chi connectivity index (χ0v) is 12.9. The predicted molar refractivity (Wildman–Crippen MR) is 79.7 cm³/mol. The average Bonchev–Trinajstić information content (AvgIpc) is 2.66. The first kappa shape index (κ1) is 16.2. The highest BCUT2D eigenvalue weighted by atomic mass is 32.2. The SMILES string of the molecule is O=C(O)CN1CCCN(C(=O)NC2CCS(=O)CC2)CC1. The Kier molecular flexibility index (Phi) is 5.98. The van der Waals surface area contributed by atoms with Crippen LogP contribution in [0.3, 0.4) is 0 Å². The molecule has 21 heavy (non-hydrogen) atoms. The predicted octanol–water partition coefficient (Wildman–Crippen LogP) is -0.301. The van der Waals surface area contributed by atoms with Crippen LogP contribution in [0.2, 0.25) is 0 Å². The van der Waals surface area contributed by atoms with Crippen molar-refractivity contribution in [2.45, 2.75) is 25.3 Å². The monoisotopic (exact) mass is 317 g/mol. The van der Waals surface area contributed by atoms with Crippen molar-refractivity contribution in [3.05, 3.63) is 0 Å². The van der Waals surface area contributed by atoms with Crippen LogP contribution in [0.15, 0.2) is 0 Å². The number of hydrogen-bond donors (Lipinski definition) is 2. The molecule has 0 bridgehead atoms. The molecular formula is C13H23N3O4S. The summed E-state index contributed by atoms with van der Waals surface area (Å²) in [7, 11) is -0.721. The molecule has 2 aliphatic heterocycles. The minimum Gasteiger partial charge on any atom is -0.480 e. The first-order chi connectivity index (χ1) is 10.0. The van der Waals surface area contributed by atoms with Crippen molar-refractivity contribution in [3.8, 4) is 0 Å².